The summed E-state index contributed by atoms with van der Waals surface area (Å²) in [5.41, 5.74) is 1.73. The van der Waals surface area contributed by atoms with E-state index in [0.717, 1.165) is 25.2 Å². The molecule has 17 heavy (non-hydrogen) atoms. The zero-order chi connectivity index (χ0) is 12.4. The summed E-state index contributed by atoms with van der Waals surface area (Å²) in [5, 5.41) is 3.49. The molecule has 0 bridgehead atoms. The summed E-state index contributed by atoms with van der Waals surface area (Å²) < 4.78 is 13.1. The molecule has 1 fully saturated rings. The Morgan fingerprint density at radius 2 is 2.18 bits per heavy atom. The average Bonchev–Trinajstić information content (AvgIpc) is 2.72. The summed E-state index contributed by atoms with van der Waals surface area (Å²) in [6.45, 7) is 8.48. The van der Waals surface area contributed by atoms with Gasteiger partial charge in [-0.25, -0.2) is 4.39 Å². The van der Waals surface area contributed by atoms with Crippen LogP contribution in [0, 0.1) is 12.7 Å². The van der Waals surface area contributed by atoms with E-state index in [1.54, 1.807) is 6.92 Å². The van der Waals surface area contributed by atoms with Crippen LogP contribution in [-0.2, 0) is 0 Å². The van der Waals surface area contributed by atoms with Crippen molar-refractivity contribution in [3.8, 4) is 0 Å². The standard InChI is InChI=1S/C14H21FN2/c1-10(2)17-7-6-13(9-17)16-12-4-5-14(15)11(3)8-12/h4-5,8,10,13,16H,6-7,9H2,1-3H3. The van der Waals surface area contributed by atoms with Crippen LogP contribution in [0.15, 0.2) is 18.2 Å². The average molecular weight is 236 g/mol. The van der Waals surface area contributed by atoms with Gasteiger partial charge in [-0.3, -0.25) is 4.90 Å². The Morgan fingerprint density at radius 3 is 2.76 bits per heavy atom. The number of nitrogens with one attached hydrogen (secondary N) is 1. The van der Waals surface area contributed by atoms with Crippen molar-refractivity contribution in [1.82, 2.24) is 4.90 Å². The van der Waals surface area contributed by atoms with Gasteiger partial charge in [0.1, 0.15) is 5.82 Å². The molecule has 1 saturated heterocycles. The normalized spacial score (nSPS) is 21.1. The van der Waals surface area contributed by atoms with E-state index >= 15 is 0 Å². The highest BCUT2D eigenvalue weighted by molar-refractivity contribution is 5.47. The maximum atomic E-state index is 13.1. The van der Waals surface area contributed by atoms with Gasteiger partial charge in [-0.1, -0.05) is 0 Å². The number of benzene rings is 1. The molecule has 1 atom stereocenters. The number of hydrogen-bond donors (Lipinski definition) is 1. The van der Waals surface area contributed by atoms with Crippen molar-refractivity contribution < 1.29 is 4.39 Å². The molecule has 1 aliphatic heterocycles. The largest absolute Gasteiger partial charge is 0.381 e. The maximum absolute atomic E-state index is 13.1. The second-order valence-corrected chi connectivity index (χ2v) is 5.18. The first-order valence-electron chi connectivity index (χ1n) is 6.33. The van der Waals surface area contributed by atoms with E-state index in [2.05, 4.69) is 24.1 Å². The van der Waals surface area contributed by atoms with Crippen LogP contribution in [0.5, 0.6) is 0 Å². The second-order valence-electron chi connectivity index (χ2n) is 5.18. The van der Waals surface area contributed by atoms with Crippen molar-refractivity contribution in [3.05, 3.63) is 29.6 Å². The van der Waals surface area contributed by atoms with Crippen LogP contribution in [0.1, 0.15) is 25.8 Å². The number of likely N-dealkylation sites (tertiary alicyclic amines) is 1. The van der Waals surface area contributed by atoms with E-state index in [0.29, 0.717) is 17.6 Å². The fourth-order valence-electron chi connectivity index (χ4n) is 2.34. The van der Waals surface area contributed by atoms with Gasteiger partial charge in [0.25, 0.3) is 0 Å². The van der Waals surface area contributed by atoms with Crippen molar-refractivity contribution in [2.75, 3.05) is 18.4 Å². The van der Waals surface area contributed by atoms with Crippen molar-refractivity contribution >= 4 is 5.69 Å². The predicted octanol–water partition coefficient (Wildman–Crippen LogP) is 3.03. The molecule has 1 heterocycles. The Balaban J connectivity index is 1.96. The molecule has 1 unspecified atom stereocenters. The second kappa shape index (κ2) is 5.05. The molecule has 0 aliphatic carbocycles. The lowest BCUT2D eigenvalue weighted by atomic mass is 10.2. The minimum Gasteiger partial charge on any atom is -0.381 e. The van der Waals surface area contributed by atoms with Crippen LogP contribution >= 0.6 is 0 Å². The number of anilines is 1. The van der Waals surface area contributed by atoms with Crippen LogP contribution in [0.25, 0.3) is 0 Å². The summed E-state index contributed by atoms with van der Waals surface area (Å²) in [5.74, 6) is -0.134. The van der Waals surface area contributed by atoms with Gasteiger partial charge in [-0.2, -0.15) is 0 Å². The Kier molecular flexibility index (Phi) is 3.67. The van der Waals surface area contributed by atoms with Gasteiger partial charge in [0, 0.05) is 30.9 Å². The van der Waals surface area contributed by atoms with Crippen LogP contribution < -0.4 is 5.32 Å². The summed E-state index contributed by atoms with van der Waals surface area (Å²) in [6, 6.07) is 6.33. The number of nitrogens with zero attached hydrogens (tertiary/aromatic N) is 1. The molecule has 0 amide bonds. The minimum absolute atomic E-state index is 0.134. The van der Waals surface area contributed by atoms with Crippen LogP contribution in [-0.4, -0.2) is 30.1 Å². The van der Waals surface area contributed by atoms with Gasteiger partial charge in [-0.05, 0) is 51.0 Å². The third-order valence-corrected chi connectivity index (χ3v) is 3.48. The summed E-state index contributed by atoms with van der Waals surface area (Å²) >= 11 is 0. The highest BCUT2D eigenvalue weighted by Crippen LogP contribution is 2.19. The van der Waals surface area contributed by atoms with E-state index < -0.39 is 0 Å². The SMILES string of the molecule is Cc1cc(NC2CCN(C(C)C)C2)ccc1F. The first-order chi connectivity index (χ1) is 8.06. The highest BCUT2D eigenvalue weighted by Gasteiger charge is 2.23. The molecular weight excluding hydrogens is 215 g/mol. The molecule has 0 spiro atoms. The number of hydrogen-bond acceptors (Lipinski definition) is 2. The Hall–Kier alpha value is -1.09. The molecule has 1 aromatic rings. The van der Waals surface area contributed by atoms with Crippen LogP contribution in [0.4, 0.5) is 10.1 Å². The Bertz CT molecular complexity index is 390. The van der Waals surface area contributed by atoms with Crippen molar-refractivity contribution in [2.45, 2.75) is 39.3 Å². The minimum atomic E-state index is -0.134. The van der Waals surface area contributed by atoms with E-state index in [9.17, 15) is 4.39 Å². The van der Waals surface area contributed by atoms with Crippen molar-refractivity contribution in [1.29, 1.82) is 0 Å². The van der Waals surface area contributed by atoms with Gasteiger partial charge < -0.3 is 5.32 Å². The van der Waals surface area contributed by atoms with Gasteiger partial charge in [-0.15, -0.1) is 0 Å². The monoisotopic (exact) mass is 236 g/mol. The lowest BCUT2D eigenvalue weighted by molar-refractivity contribution is 0.274. The van der Waals surface area contributed by atoms with Gasteiger partial charge in [0.05, 0.1) is 0 Å². The van der Waals surface area contributed by atoms with E-state index in [1.165, 1.54) is 6.07 Å². The maximum Gasteiger partial charge on any atom is 0.126 e. The first-order valence-corrected chi connectivity index (χ1v) is 6.33. The van der Waals surface area contributed by atoms with Crippen molar-refractivity contribution in [3.63, 3.8) is 0 Å². The zero-order valence-electron chi connectivity index (χ0n) is 10.8. The Labute approximate surface area is 103 Å². The van der Waals surface area contributed by atoms with Gasteiger partial charge >= 0.3 is 0 Å². The van der Waals surface area contributed by atoms with E-state index in [1.807, 2.05) is 12.1 Å². The topological polar surface area (TPSA) is 15.3 Å². The molecule has 94 valence electrons. The molecule has 1 aliphatic rings. The third kappa shape index (κ3) is 2.97. The van der Waals surface area contributed by atoms with E-state index in [4.69, 9.17) is 0 Å². The van der Waals surface area contributed by atoms with E-state index in [-0.39, 0.29) is 5.82 Å². The molecular formula is C14H21FN2. The van der Waals surface area contributed by atoms with Gasteiger partial charge in [0.15, 0.2) is 0 Å². The lowest BCUT2D eigenvalue weighted by Crippen LogP contribution is -2.31. The zero-order valence-corrected chi connectivity index (χ0v) is 10.8. The third-order valence-electron chi connectivity index (χ3n) is 3.48. The fourth-order valence-corrected chi connectivity index (χ4v) is 2.34. The predicted molar refractivity (Wildman–Crippen MR) is 69.9 cm³/mol. The molecule has 2 rings (SSSR count). The fraction of sp³-hybridized carbons (Fsp3) is 0.571. The lowest BCUT2D eigenvalue weighted by Gasteiger charge is -2.21. The molecule has 0 radical (unpaired) electrons. The summed E-state index contributed by atoms with van der Waals surface area (Å²) in [7, 11) is 0. The summed E-state index contributed by atoms with van der Waals surface area (Å²) in [4.78, 5) is 2.47. The molecule has 2 nitrogen and oxygen atoms in total. The number of aryl methyl sites for hydroxylation is 1. The summed E-state index contributed by atoms with van der Waals surface area (Å²) in [6.07, 6.45) is 1.16. The van der Waals surface area contributed by atoms with Crippen LogP contribution in [0.3, 0.4) is 0 Å². The number of rotatable bonds is 3. The molecule has 3 heteroatoms. The smallest absolute Gasteiger partial charge is 0.126 e. The molecule has 1 aromatic carbocycles. The van der Waals surface area contributed by atoms with Crippen LogP contribution in [0.2, 0.25) is 0 Å². The quantitative estimate of drug-likeness (QED) is 0.867. The Morgan fingerprint density at radius 1 is 1.41 bits per heavy atom. The van der Waals surface area contributed by atoms with Gasteiger partial charge in [0.2, 0.25) is 0 Å². The molecule has 0 aromatic heterocycles. The highest BCUT2D eigenvalue weighted by atomic mass is 19.1. The first kappa shape index (κ1) is 12.4. The molecule has 0 saturated carbocycles. The number of halogens is 1. The molecule has 1 N–H and O–H groups in total. The van der Waals surface area contributed by atoms with Crippen molar-refractivity contribution in [2.24, 2.45) is 0 Å².